The zero-order valence-electron chi connectivity index (χ0n) is 17.8. The van der Waals surface area contributed by atoms with Gasteiger partial charge in [-0.3, -0.25) is 14.5 Å². The summed E-state index contributed by atoms with van der Waals surface area (Å²) in [5.74, 6) is -1.01. The van der Waals surface area contributed by atoms with Crippen LogP contribution in [0.1, 0.15) is 30.2 Å². The average Bonchev–Trinajstić information content (AvgIpc) is 3.19. The monoisotopic (exact) mass is 426 g/mol. The van der Waals surface area contributed by atoms with Crippen molar-refractivity contribution in [1.82, 2.24) is 19.3 Å². The van der Waals surface area contributed by atoms with Crippen LogP contribution in [0.2, 0.25) is 0 Å². The summed E-state index contributed by atoms with van der Waals surface area (Å²) in [6, 6.07) is 15.1. The second kappa shape index (κ2) is 7.60. The number of benzene rings is 1. The van der Waals surface area contributed by atoms with Crippen molar-refractivity contribution in [3.63, 3.8) is 0 Å². The van der Waals surface area contributed by atoms with Gasteiger partial charge in [-0.1, -0.05) is 50.2 Å². The van der Waals surface area contributed by atoms with E-state index in [1.54, 1.807) is 12.4 Å². The van der Waals surface area contributed by atoms with Crippen molar-refractivity contribution < 1.29 is 9.90 Å². The first-order valence-corrected chi connectivity index (χ1v) is 10.5. The molecular formula is C25H22N4O3. The zero-order chi connectivity index (χ0) is 22.4. The molecule has 1 N–H and O–H groups in total. The van der Waals surface area contributed by atoms with E-state index >= 15 is 0 Å². The van der Waals surface area contributed by atoms with Crippen LogP contribution in [0.4, 0.5) is 0 Å². The van der Waals surface area contributed by atoms with Gasteiger partial charge < -0.3 is 9.67 Å². The molecule has 1 aromatic carbocycles. The van der Waals surface area contributed by atoms with Gasteiger partial charge >= 0.3 is 5.97 Å². The Balaban J connectivity index is 1.87. The smallest absolute Gasteiger partial charge is 0.341 e. The molecule has 4 heterocycles. The van der Waals surface area contributed by atoms with Crippen LogP contribution >= 0.6 is 0 Å². The molecule has 0 spiro atoms. The maximum atomic E-state index is 12.7. The Kier molecular flexibility index (Phi) is 4.74. The quantitative estimate of drug-likeness (QED) is 0.524. The summed E-state index contributed by atoms with van der Waals surface area (Å²) in [6.45, 7) is 4.74. The van der Waals surface area contributed by atoms with Crippen LogP contribution in [0.15, 0.2) is 71.9 Å². The Labute approximate surface area is 184 Å². The fraction of sp³-hybridized carbons (Fsp3) is 0.200. The Bertz CT molecular complexity index is 1370. The molecule has 0 unspecified atom stereocenters. The number of nitrogens with zero attached hydrogens (tertiary/aromatic N) is 4. The van der Waals surface area contributed by atoms with E-state index in [0.717, 1.165) is 28.1 Å². The van der Waals surface area contributed by atoms with Crippen LogP contribution in [-0.2, 0) is 6.54 Å². The van der Waals surface area contributed by atoms with E-state index < -0.39 is 11.4 Å². The van der Waals surface area contributed by atoms with E-state index in [1.165, 1.54) is 12.3 Å². The third kappa shape index (κ3) is 3.13. The van der Waals surface area contributed by atoms with Crippen molar-refractivity contribution >= 4 is 5.97 Å². The predicted octanol–water partition coefficient (Wildman–Crippen LogP) is 4.35. The minimum Gasteiger partial charge on any atom is -0.477 e. The summed E-state index contributed by atoms with van der Waals surface area (Å²) in [5, 5.41) is 14.5. The van der Waals surface area contributed by atoms with Crippen LogP contribution in [0, 0.1) is 5.92 Å². The number of hydrogen-bond donors (Lipinski definition) is 1. The second-order valence-corrected chi connectivity index (χ2v) is 8.32. The molecule has 0 amide bonds. The van der Waals surface area contributed by atoms with E-state index in [2.05, 4.69) is 18.8 Å². The topological polar surface area (TPSA) is 90.0 Å². The Morgan fingerprint density at radius 1 is 1.12 bits per heavy atom. The molecule has 7 heteroatoms. The van der Waals surface area contributed by atoms with Crippen molar-refractivity contribution in [1.29, 1.82) is 0 Å². The van der Waals surface area contributed by atoms with Crippen molar-refractivity contribution in [3.05, 3.63) is 82.9 Å². The van der Waals surface area contributed by atoms with E-state index in [0.29, 0.717) is 12.2 Å². The molecule has 0 fully saturated rings. The minimum absolute atomic E-state index is 0.0403. The third-order valence-corrected chi connectivity index (χ3v) is 5.99. The fourth-order valence-electron chi connectivity index (χ4n) is 4.41. The zero-order valence-corrected chi connectivity index (χ0v) is 17.8. The number of rotatable bonds is 4. The first-order valence-electron chi connectivity index (χ1n) is 10.5. The summed E-state index contributed by atoms with van der Waals surface area (Å²) in [4.78, 5) is 28.7. The van der Waals surface area contributed by atoms with Gasteiger partial charge in [0.15, 0.2) is 5.43 Å². The lowest BCUT2D eigenvalue weighted by Crippen LogP contribution is -2.31. The van der Waals surface area contributed by atoms with Gasteiger partial charge in [0.05, 0.1) is 24.0 Å². The Hall–Kier alpha value is -4.00. The van der Waals surface area contributed by atoms with Gasteiger partial charge in [0.2, 0.25) is 0 Å². The van der Waals surface area contributed by atoms with E-state index in [1.807, 2.05) is 51.7 Å². The van der Waals surface area contributed by atoms with Gasteiger partial charge in [-0.05, 0) is 12.0 Å². The molecule has 1 atom stereocenters. The van der Waals surface area contributed by atoms with E-state index in [9.17, 15) is 14.7 Å². The molecule has 3 aromatic heterocycles. The lowest BCUT2D eigenvalue weighted by atomic mass is 9.95. The number of hydrogen-bond acceptors (Lipinski definition) is 4. The number of pyridine rings is 2. The highest BCUT2D eigenvalue weighted by Crippen LogP contribution is 2.43. The van der Waals surface area contributed by atoms with Gasteiger partial charge in [0.1, 0.15) is 11.3 Å². The molecule has 0 aliphatic carbocycles. The van der Waals surface area contributed by atoms with Gasteiger partial charge in [-0.2, -0.15) is 5.10 Å². The molecule has 1 aliphatic heterocycles. The summed E-state index contributed by atoms with van der Waals surface area (Å²) in [7, 11) is 0. The minimum atomic E-state index is -1.22. The number of carboxylic acids is 1. The first kappa shape index (κ1) is 19.9. The van der Waals surface area contributed by atoms with Gasteiger partial charge in [0.25, 0.3) is 0 Å². The summed E-state index contributed by atoms with van der Waals surface area (Å²) < 4.78 is 3.88. The van der Waals surface area contributed by atoms with E-state index in [-0.39, 0.29) is 17.5 Å². The average molecular weight is 426 g/mol. The van der Waals surface area contributed by atoms with Crippen molar-refractivity contribution in [2.24, 2.45) is 5.92 Å². The molecule has 1 aliphatic rings. The molecule has 0 radical (unpaired) electrons. The number of carbonyl (C=O) groups is 1. The van der Waals surface area contributed by atoms with Gasteiger partial charge in [0, 0.05) is 41.3 Å². The summed E-state index contributed by atoms with van der Waals surface area (Å²) >= 11 is 0. The van der Waals surface area contributed by atoms with Crippen molar-refractivity contribution in [2.45, 2.75) is 26.4 Å². The lowest BCUT2D eigenvalue weighted by molar-refractivity contribution is 0.0694. The maximum Gasteiger partial charge on any atom is 0.341 e. The van der Waals surface area contributed by atoms with E-state index in [4.69, 9.17) is 5.10 Å². The highest BCUT2D eigenvalue weighted by atomic mass is 16.4. The van der Waals surface area contributed by atoms with Crippen LogP contribution in [0.25, 0.3) is 33.8 Å². The van der Waals surface area contributed by atoms with Gasteiger partial charge in [-0.25, -0.2) is 4.79 Å². The van der Waals surface area contributed by atoms with Crippen LogP contribution in [0.5, 0.6) is 0 Å². The third-order valence-electron chi connectivity index (χ3n) is 5.99. The molecule has 4 aromatic rings. The van der Waals surface area contributed by atoms with Crippen LogP contribution in [-0.4, -0.2) is 30.4 Å². The molecule has 5 rings (SSSR count). The maximum absolute atomic E-state index is 12.7. The van der Waals surface area contributed by atoms with Crippen molar-refractivity contribution in [3.8, 4) is 33.8 Å². The van der Waals surface area contributed by atoms with Crippen LogP contribution in [0.3, 0.4) is 0 Å². The SMILES string of the molecule is CC(C)[C@@H]1Cn2nc(-c3ccccc3)c(-c3cccnc3)c2-c2cc(=O)c(C(=O)O)cn21. The summed E-state index contributed by atoms with van der Waals surface area (Å²) in [5.41, 5.74) is 4.25. The second-order valence-electron chi connectivity index (χ2n) is 8.32. The highest BCUT2D eigenvalue weighted by Gasteiger charge is 2.33. The molecular weight excluding hydrogens is 404 g/mol. The number of aromatic nitrogens is 4. The molecule has 0 bridgehead atoms. The number of carboxylic acid groups (broad SMARTS) is 1. The predicted molar refractivity (Wildman–Crippen MR) is 121 cm³/mol. The normalized spacial score (nSPS) is 14.8. The molecule has 0 saturated heterocycles. The standard InChI is InChI=1S/C25H22N4O3/c1-15(2)20-14-29-24(19-11-21(30)18(25(31)32)13-28(19)20)22(17-9-6-10-26-12-17)23(27-29)16-7-4-3-5-8-16/h3-13,15,20H,14H2,1-2H3,(H,31,32)/t20-/m0/s1. The van der Waals surface area contributed by atoms with Crippen LogP contribution < -0.4 is 5.43 Å². The summed E-state index contributed by atoms with van der Waals surface area (Å²) in [6.07, 6.45) is 4.98. The largest absolute Gasteiger partial charge is 0.477 e. The van der Waals surface area contributed by atoms with Crippen molar-refractivity contribution in [2.75, 3.05) is 0 Å². The molecule has 7 nitrogen and oxygen atoms in total. The number of aromatic carboxylic acids is 1. The molecule has 0 saturated carbocycles. The first-order chi connectivity index (χ1) is 15.5. The Morgan fingerprint density at radius 2 is 1.88 bits per heavy atom. The highest BCUT2D eigenvalue weighted by molar-refractivity contribution is 5.92. The lowest BCUT2D eigenvalue weighted by Gasteiger charge is -2.32. The molecule has 160 valence electrons. The molecule has 32 heavy (non-hydrogen) atoms. The van der Waals surface area contributed by atoms with Gasteiger partial charge in [-0.15, -0.1) is 0 Å². The number of fused-ring (bicyclic) bond motifs is 3. The Morgan fingerprint density at radius 3 is 2.53 bits per heavy atom. The fourth-order valence-corrected chi connectivity index (χ4v) is 4.41.